The highest BCUT2D eigenvalue weighted by Crippen LogP contribution is 2.20. The average Bonchev–Trinajstić information content (AvgIpc) is 2.30. The minimum Gasteiger partial charge on any atom is -0.481 e. The maximum Gasteiger partial charge on any atom is 0.304 e. The Labute approximate surface area is 107 Å². The Hall–Kier alpha value is -1.84. The van der Waals surface area contributed by atoms with Gasteiger partial charge in [-0.3, -0.25) is 9.59 Å². The van der Waals surface area contributed by atoms with E-state index in [-0.39, 0.29) is 12.3 Å². The highest BCUT2D eigenvalue weighted by molar-refractivity contribution is 5.96. The number of hydrogen-bond donors (Lipinski definition) is 1. The number of aryl methyl sites for hydroxylation is 2. The first-order valence-electron chi connectivity index (χ1n) is 5.89. The molecule has 0 fully saturated rings. The van der Waals surface area contributed by atoms with Gasteiger partial charge in [-0.05, 0) is 37.1 Å². The van der Waals surface area contributed by atoms with Gasteiger partial charge >= 0.3 is 5.97 Å². The minimum atomic E-state index is -0.954. The smallest absolute Gasteiger partial charge is 0.304 e. The van der Waals surface area contributed by atoms with E-state index in [0.717, 1.165) is 16.8 Å². The van der Waals surface area contributed by atoms with Crippen LogP contribution in [0, 0.1) is 19.8 Å². The Kier molecular flexibility index (Phi) is 4.48. The molecule has 0 radical (unpaired) electrons. The lowest BCUT2D eigenvalue weighted by atomic mass is 10.1. The van der Waals surface area contributed by atoms with Crippen LogP contribution in [-0.4, -0.2) is 24.0 Å². The fourth-order valence-electron chi connectivity index (χ4n) is 1.74. The molecule has 0 saturated carbocycles. The van der Waals surface area contributed by atoms with Gasteiger partial charge < -0.3 is 10.0 Å². The van der Waals surface area contributed by atoms with Gasteiger partial charge in [0.1, 0.15) is 0 Å². The van der Waals surface area contributed by atoms with Crippen LogP contribution >= 0.6 is 0 Å². The summed E-state index contributed by atoms with van der Waals surface area (Å²) < 4.78 is 0. The summed E-state index contributed by atoms with van der Waals surface area (Å²) in [4.78, 5) is 24.2. The Morgan fingerprint density at radius 2 is 1.89 bits per heavy atom. The first-order valence-corrected chi connectivity index (χ1v) is 5.89. The second-order valence-electron chi connectivity index (χ2n) is 4.66. The summed E-state index contributed by atoms with van der Waals surface area (Å²) in [5.74, 6) is -1.65. The number of aliphatic carboxylic acids is 1. The van der Waals surface area contributed by atoms with Crippen molar-refractivity contribution in [2.45, 2.75) is 27.2 Å². The third-order valence-corrected chi connectivity index (χ3v) is 3.11. The molecule has 0 aliphatic carbocycles. The van der Waals surface area contributed by atoms with Crippen LogP contribution in [0.5, 0.6) is 0 Å². The standard InChI is InChI=1S/C14H19NO3/c1-9-5-6-12(7-10(9)2)15(4)14(18)11(3)8-13(16)17/h5-7,11H,8H2,1-4H3,(H,16,17). The lowest BCUT2D eigenvalue weighted by molar-refractivity contribution is -0.140. The van der Waals surface area contributed by atoms with Gasteiger partial charge in [0.15, 0.2) is 0 Å². The number of nitrogens with zero attached hydrogens (tertiary/aromatic N) is 1. The van der Waals surface area contributed by atoms with E-state index >= 15 is 0 Å². The number of benzene rings is 1. The molecule has 4 heteroatoms. The summed E-state index contributed by atoms with van der Waals surface area (Å²) in [6, 6.07) is 5.75. The van der Waals surface area contributed by atoms with Crippen molar-refractivity contribution in [3.63, 3.8) is 0 Å². The predicted octanol–water partition coefficient (Wildman–Crippen LogP) is 2.38. The summed E-state index contributed by atoms with van der Waals surface area (Å²) >= 11 is 0. The van der Waals surface area contributed by atoms with E-state index in [1.54, 1.807) is 14.0 Å². The van der Waals surface area contributed by atoms with Crippen molar-refractivity contribution in [2.24, 2.45) is 5.92 Å². The number of carbonyl (C=O) groups excluding carboxylic acids is 1. The zero-order valence-electron chi connectivity index (χ0n) is 11.2. The molecule has 0 spiro atoms. The molecule has 4 nitrogen and oxygen atoms in total. The first-order chi connectivity index (χ1) is 8.32. The normalized spacial score (nSPS) is 12.0. The molecule has 1 amide bonds. The molecule has 0 aliphatic rings. The summed E-state index contributed by atoms with van der Waals surface area (Å²) in [6.07, 6.45) is -0.145. The number of carboxylic acids is 1. The molecule has 1 aromatic carbocycles. The van der Waals surface area contributed by atoms with E-state index in [4.69, 9.17) is 5.11 Å². The van der Waals surface area contributed by atoms with Gasteiger partial charge in [0, 0.05) is 18.7 Å². The molecule has 1 aromatic rings. The topological polar surface area (TPSA) is 57.6 Å². The van der Waals surface area contributed by atoms with E-state index < -0.39 is 11.9 Å². The number of hydrogen-bond acceptors (Lipinski definition) is 2. The SMILES string of the molecule is Cc1ccc(N(C)C(=O)C(C)CC(=O)O)cc1C. The molecule has 98 valence electrons. The maximum atomic E-state index is 12.0. The molecule has 1 rings (SSSR count). The number of amides is 1. The summed E-state index contributed by atoms with van der Waals surface area (Å²) in [5, 5.41) is 8.69. The van der Waals surface area contributed by atoms with Gasteiger partial charge in [0.25, 0.3) is 0 Å². The van der Waals surface area contributed by atoms with Crippen LogP contribution in [0.25, 0.3) is 0 Å². The highest BCUT2D eigenvalue weighted by atomic mass is 16.4. The van der Waals surface area contributed by atoms with Gasteiger partial charge in [0.2, 0.25) is 5.91 Å². The van der Waals surface area contributed by atoms with Gasteiger partial charge in [-0.25, -0.2) is 0 Å². The number of carbonyl (C=O) groups is 2. The van der Waals surface area contributed by atoms with Crippen molar-refractivity contribution in [1.82, 2.24) is 0 Å². The van der Waals surface area contributed by atoms with Crippen LogP contribution in [-0.2, 0) is 9.59 Å². The largest absolute Gasteiger partial charge is 0.481 e. The van der Waals surface area contributed by atoms with Crippen LogP contribution in [0.1, 0.15) is 24.5 Å². The van der Waals surface area contributed by atoms with Gasteiger partial charge in [-0.15, -0.1) is 0 Å². The van der Waals surface area contributed by atoms with Gasteiger partial charge in [-0.2, -0.15) is 0 Å². The molecular formula is C14H19NO3. The number of rotatable bonds is 4. The van der Waals surface area contributed by atoms with E-state index in [0.29, 0.717) is 0 Å². The molecule has 0 saturated heterocycles. The third-order valence-electron chi connectivity index (χ3n) is 3.11. The lowest BCUT2D eigenvalue weighted by Gasteiger charge is -2.21. The van der Waals surface area contributed by atoms with Crippen LogP contribution < -0.4 is 4.90 Å². The molecule has 0 aliphatic heterocycles. The fraction of sp³-hybridized carbons (Fsp3) is 0.429. The minimum absolute atomic E-state index is 0.145. The Morgan fingerprint density at radius 1 is 1.28 bits per heavy atom. The quantitative estimate of drug-likeness (QED) is 0.891. The molecule has 1 atom stereocenters. The molecule has 0 heterocycles. The molecule has 18 heavy (non-hydrogen) atoms. The Morgan fingerprint density at radius 3 is 2.39 bits per heavy atom. The molecule has 1 N–H and O–H groups in total. The highest BCUT2D eigenvalue weighted by Gasteiger charge is 2.21. The lowest BCUT2D eigenvalue weighted by Crippen LogP contribution is -2.32. The van der Waals surface area contributed by atoms with Crippen molar-refractivity contribution >= 4 is 17.6 Å². The van der Waals surface area contributed by atoms with Crippen molar-refractivity contribution in [3.8, 4) is 0 Å². The monoisotopic (exact) mass is 249 g/mol. The number of anilines is 1. The molecule has 1 unspecified atom stereocenters. The zero-order valence-corrected chi connectivity index (χ0v) is 11.2. The summed E-state index contributed by atoms with van der Waals surface area (Å²) in [5.41, 5.74) is 3.07. The molecule has 0 aromatic heterocycles. The van der Waals surface area contributed by atoms with Gasteiger partial charge in [-0.1, -0.05) is 13.0 Å². The van der Waals surface area contributed by atoms with E-state index in [1.807, 2.05) is 32.0 Å². The van der Waals surface area contributed by atoms with Crippen molar-refractivity contribution < 1.29 is 14.7 Å². The van der Waals surface area contributed by atoms with Crippen LogP contribution in [0.15, 0.2) is 18.2 Å². The number of carboxylic acid groups (broad SMARTS) is 1. The third kappa shape index (κ3) is 3.32. The Bertz CT molecular complexity index is 468. The van der Waals surface area contributed by atoms with E-state index in [1.165, 1.54) is 4.90 Å². The first kappa shape index (κ1) is 14.2. The van der Waals surface area contributed by atoms with E-state index in [2.05, 4.69) is 0 Å². The molecule has 0 bridgehead atoms. The summed E-state index contributed by atoms with van der Waals surface area (Å²) in [6.45, 7) is 5.62. The predicted molar refractivity (Wildman–Crippen MR) is 70.7 cm³/mol. The zero-order chi connectivity index (χ0) is 13.9. The van der Waals surface area contributed by atoms with Crippen LogP contribution in [0.3, 0.4) is 0 Å². The van der Waals surface area contributed by atoms with Crippen molar-refractivity contribution in [3.05, 3.63) is 29.3 Å². The van der Waals surface area contributed by atoms with Crippen LogP contribution in [0.2, 0.25) is 0 Å². The summed E-state index contributed by atoms with van der Waals surface area (Å²) in [7, 11) is 1.67. The van der Waals surface area contributed by atoms with Crippen LogP contribution in [0.4, 0.5) is 5.69 Å². The van der Waals surface area contributed by atoms with Crippen molar-refractivity contribution in [1.29, 1.82) is 0 Å². The Balaban J connectivity index is 2.85. The second-order valence-corrected chi connectivity index (χ2v) is 4.66. The maximum absolute atomic E-state index is 12.0. The average molecular weight is 249 g/mol. The van der Waals surface area contributed by atoms with E-state index in [9.17, 15) is 9.59 Å². The van der Waals surface area contributed by atoms with Gasteiger partial charge in [0.05, 0.1) is 6.42 Å². The fourth-order valence-corrected chi connectivity index (χ4v) is 1.74. The molecular weight excluding hydrogens is 230 g/mol. The second kappa shape index (κ2) is 5.67. The van der Waals surface area contributed by atoms with Crippen molar-refractivity contribution in [2.75, 3.05) is 11.9 Å².